The monoisotopic (exact) mass is 382 g/mol. The summed E-state index contributed by atoms with van der Waals surface area (Å²) in [7, 11) is 3.81. The highest BCUT2D eigenvalue weighted by atomic mass is 16.5. The Kier molecular flexibility index (Phi) is 5.67. The third kappa shape index (κ3) is 4.07. The van der Waals surface area contributed by atoms with Gasteiger partial charge < -0.3 is 15.0 Å². The third-order valence-electron chi connectivity index (χ3n) is 6.05. The van der Waals surface area contributed by atoms with E-state index in [0.717, 1.165) is 37.2 Å². The molecule has 2 aromatic rings. The van der Waals surface area contributed by atoms with Crippen LogP contribution in [0.25, 0.3) is 0 Å². The van der Waals surface area contributed by atoms with E-state index in [1.807, 2.05) is 37.5 Å². The molecule has 0 radical (unpaired) electrons. The number of aromatic nitrogens is 2. The normalized spacial score (nSPS) is 22.9. The molecule has 1 aromatic carbocycles. The summed E-state index contributed by atoms with van der Waals surface area (Å²) in [5, 5.41) is 7.86. The molecule has 150 valence electrons. The Morgan fingerprint density at radius 3 is 2.75 bits per heavy atom. The molecular weight excluding hydrogens is 352 g/mol. The van der Waals surface area contributed by atoms with E-state index in [9.17, 15) is 4.79 Å². The van der Waals surface area contributed by atoms with E-state index >= 15 is 0 Å². The second-order valence-electron chi connectivity index (χ2n) is 8.12. The molecule has 1 aliphatic heterocycles. The summed E-state index contributed by atoms with van der Waals surface area (Å²) in [5.74, 6) is 1.43. The minimum absolute atomic E-state index is 0.0821. The van der Waals surface area contributed by atoms with E-state index in [1.54, 1.807) is 4.68 Å². The number of ether oxygens (including phenoxy) is 1. The van der Waals surface area contributed by atoms with Crippen LogP contribution in [0.2, 0.25) is 0 Å². The molecule has 1 saturated carbocycles. The van der Waals surface area contributed by atoms with Crippen molar-refractivity contribution in [2.75, 3.05) is 13.6 Å². The van der Waals surface area contributed by atoms with Crippen molar-refractivity contribution in [3.05, 3.63) is 47.8 Å². The van der Waals surface area contributed by atoms with Gasteiger partial charge in [0, 0.05) is 56.8 Å². The first-order chi connectivity index (χ1) is 13.6. The van der Waals surface area contributed by atoms with Crippen molar-refractivity contribution in [3.63, 3.8) is 0 Å². The number of para-hydroxylation sites is 1. The van der Waals surface area contributed by atoms with E-state index in [1.165, 1.54) is 18.4 Å². The van der Waals surface area contributed by atoms with Gasteiger partial charge in [0.2, 0.25) is 5.91 Å². The van der Waals surface area contributed by atoms with Gasteiger partial charge in [-0.2, -0.15) is 5.10 Å². The van der Waals surface area contributed by atoms with Gasteiger partial charge in [0.05, 0.1) is 18.3 Å². The van der Waals surface area contributed by atoms with Gasteiger partial charge in [-0.3, -0.25) is 9.48 Å². The van der Waals surface area contributed by atoms with Crippen LogP contribution in [0, 0.1) is 5.92 Å². The maximum Gasteiger partial charge on any atom is 0.223 e. The molecule has 2 atom stereocenters. The Bertz CT molecular complexity index is 812. The van der Waals surface area contributed by atoms with Crippen LogP contribution in [0.15, 0.2) is 36.7 Å². The standard InChI is InChI=1S/C22H30N4O2/c1-25-15-18(14-24-25)22-17(11-21(27)26(22)2)13-23-12-16-7-3-6-10-20(16)28-19-8-4-5-9-19/h3,6-7,10,14-15,17,19,22-23H,4-5,8-9,11-13H2,1-2H3/t17-,22+/m0/s1. The number of rotatable bonds is 7. The summed E-state index contributed by atoms with van der Waals surface area (Å²) >= 11 is 0. The van der Waals surface area contributed by atoms with Crippen LogP contribution in [-0.4, -0.2) is 40.3 Å². The van der Waals surface area contributed by atoms with Crippen molar-refractivity contribution in [2.24, 2.45) is 13.0 Å². The minimum atomic E-state index is 0.0821. The van der Waals surface area contributed by atoms with Crippen LogP contribution in [0.3, 0.4) is 0 Å². The number of nitrogens with zero attached hydrogens (tertiary/aromatic N) is 3. The molecule has 1 amide bonds. The zero-order chi connectivity index (χ0) is 19.5. The summed E-state index contributed by atoms with van der Waals surface area (Å²) in [4.78, 5) is 14.2. The molecule has 1 aromatic heterocycles. The van der Waals surface area contributed by atoms with Gasteiger partial charge in [-0.25, -0.2) is 0 Å². The first-order valence-electron chi connectivity index (χ1n) is 10.3. The first-order valence-corrected chi connectivity index (χ1v) is 10.3. The number of amides is 1. The lowest BCUT2D eigenvalue weighted by molar-refractivity contribution is -0.127. The van der Waals surface area contributed by atoms with Crippen LogP contribution in [0.1, 0.15) is 49.3 Å². The third-order valence-corrected chi connectivity index (χ3v) is 6.05. The van der Waals surface area contributed by atoms with Gasteiger partial charge in [-0.1, -0.05) is 18.2 Å². The molecule has 4 rings (SSSR count). The molecule has 2 heterocycles. The summed E-state index contributed by atoms with van der Waals surface area (Å²) in [6.07, 6.45) is 9.67. The average molecular weight is 383 g/mol. The molecule has 1 aliphatic carbocycles. The molecule has 28 heavy (non-hydrogen) atoms. The molecule has 0 bridgehead atoms. The topological polar surface area (TPSA) is 59.4 Å². The maximum absolute atomic E-state index is 12.3. The van der Waals surface area contributed by atoms with E-state index in [2.05, 4.69) is 28.6 Å². The number of aryl methyl sites for hydroxylation is 1. The van der Waals surface area contributed by atoms with Crippen molar-refractivity contribution in [1.29, 1.82) is 0 Å². The van der Waals surface area contributed by atoms with Crippen LogP contribution in [0.4, 0.5) is 0 Å². The molecule has 0 spiro atoms. The van der Waals surface area contributed by atoms with Crippen molar-refractivity contribution >= 4 is 5.91 Å². The van der Waals surface area contributed by atoms with Crippen molar-refractivity contribution in [3.8, 4) is 5.75 Å². The van der Waals surface area contributed by atoms with Gasteiger partial charge in [0.25, 0.3) is 0 Å². The number of nitrogens with one attached hydrogen (secondary N) is 1. The Morgan fingerprint density at radius 1 is 1.21 bits per heavy atom. The Morgan fingerprint density at radius 2 is 2.00 bits per heavy atom. The second kappa shape index (κ2) is 8.35. The Labute approximate surface area is 166 Å². The molecule has 6 nitrogen and oxygen atoms in total. The number of likely N-dealkylation sites (tertiary alicyclic amines) is 1. The fraction of sp³-hybridized carbons (Fsp3) is 0.545. The quantitative estimate of drug-likeness (QED) is 0.800. The van der Waals surface area contributed by atoms with E-state index in [4.69, 9.17) is 4.74 Å². The number of hydrogen-bond acceptors (Lipinski definition) is 4. The first kappa shape index (κ1) is 19.0. The van der Waals surface area contributed by atoms with E-state index in [-0.39, 0.29) is 17.9 Å². The molecule has 1 N–H and O–H groups in total. The number of benzene rings is 1. The minimum Gasteiger partial charge on any atom is -0.490 e. The predicted molar refractivity (Wildman–Crippen MR) is 108 cm³/mol. The van der Waals surface area contributed by atoms with Gasteiger partial charge in [-0.05, 0) is 31.7 Å². The van der Waals surface area contributed by atoms with Gasteiger partial charge >= 0.3 is 0 Å². The molecule has 2 aliphatic rings. The van der Waals surface area contributed by atoms with Crippen LogP contribution in [-0.2, 0) is 18.4 Å². The Hall–Kier alpha value is -2.34. The summed E-state index contributed by atoms with van der Waals surface area (Å²) < 4.78 is 8.04. The highest BCUT2D eigenvalue weighted by Gasteiger charge is 2.38. The molecular formula is C22H30N4O2. The van der Waals surface area contributed by atoms with Crippen LogP contribution >= 0.6 is 0 Å². The number of hydrogen-bond donors (Lipinski definition) is 1. The van der Waals surface area contributed by atoms with Gasteiger partial charge in [0.15, 0.2) is 0 Å². The zero-order valence-electron chi connectivity index (χ0n) is 16.8. The lowest BCUT2D eigenvalue weighted by atomic mass is 9.95. The highest BCUT2D eigenvalue weighted by Crippen LogP contribution is 2.36. The van der Waals surface area contributed by atoms with E-state index in [0.29, 0.717) is 12.5 Å². The molecule has 1 saturated heterocycles. The molecule has 2 fully saturated rings. The largest absolute Gasteiger partial charge is 0.490 e. The predicted octanol–water partition coefficient (Wildman–Crippen LogP) is 3.05. The summed E-state index contributed by atoms with van der Waals surface area (Å²) in [5.41, 5.74) is 2.29. The second-order valence-corrected chi connectivity index (χ2v) is 8.12. The summed E-state index contributed by atoms with van der Waals surface area (Å²) in [6.45, 7) is 1.53. The maximum atomic E-state index is 12.3. The number of carbonyl (C=O) groups is 1. The fourth-order valence-electron chi connectivity index (χ4n) is 4.57. The number of carbonyl (C=O) groups excluding carboxylic acids is 1. The van der Waals surface area contributed by atoms with Gasteiger partial charge in [0.1, 0.15) is 5.75 Å². The van der Waals surface area contributed by atoms with Crippen molar-refractivity contribution < 1.29 is 9.53 Å². The smallest absolute Gasteiger partial charge is 0.223 e. The fourth-order valence-corrected chi connectivity index (χ4v) is 4.57. The molecule has 0 unspecified atom stereocenters. The van der Waals surface area contributed by atoms with Crippen LogP contribution in [0.5, 0.6) is 5.75 Å². The Balaban J connectivity index is 1.38. The lowest BCUT2D eigenvalue weighted by Gasteiger charge is -2.24. The van der Waals surface area contributed by atoms with E-state index < -0.39 is 0 Å². The highest BCUT2D eigenvalue weighted by molar-refractivity contribution is 5.79. The zero-order valence-corrected chi connectivity index (χ0v) is 16.8. The average Bonchev–Trinajstić information content (AvgIpc) is 3.40. The van der Waals surface area contributed by atoms with Crippen LogP contribution < -0.4 is 10.1 Å². The van der Waals surface area contributed by atoms with Crippen molar-refractivity contribution in [1.82, 2.24) is 20.0 Å². The molecule has 6 heteroatoms. The van der Waals surface area contributed by atoms with Gasteiger partial charge in [-0.15, -0.1) is 0 Å². The SMILES string of the molecule is CN1C(=O)C[C@@H](CNCc2ccccc2OC2CCCC2)[C@@H]1c1cnn(C)c1. The summed E-state index contributed by atoms with van der Waals surface area (Å²) in [6, 6.07) is 8.38. The lowest BCUT2D eigenvalue weighted by Crippen LogP contribution is -2.29. The van der Waals surface area contributed by atoms with Crippen molar-refractivity contribution in [2.45, 2.75) is 50.8 Å².